The lowest BCUT2D eigenvalue weighted by atomic mass is 10.3. The number of nitrogens with one attached hydrogen (secondary N) is 2. The van der Waals surface area contributed by atoms with E-state index in [0.29, 0.717) is 0 Å². The predicted molar refractivity (Wildman–Crippen MR) is 41.8 cm³/mol. The van der Waals surface area contributed by atoms with Crippen LogP contribution in [0.25, 0.3) is 0 Å². The molecule has 0 aliphatic carbocycles. The molecule has 2 N–H and O–H groups in total. The number of carbonyl (C=O) groups is 1. The van der Waals surface area contributed by atoms with E-state index in [-0.39, 0.29) is 5.91 Å². The smallest absolute Gasteiger partial charge is 0.243 e. The van der Waals surface area contributed by atoms with Gasteiger partial charge in [0.2, 0.25) is 5.91 Å². The second kappa shape index (κ2) is 4.99. The number of hydrogen-bond acceptors (Lipinski definition) is 2. The molecule has 1 amide bonds. The highest BCUT2D eigenvalue weighted by molar-refractivity contribution is 5.87. The van der Waals surface area contributed by atoms with Crippen molar-refractivity contribution in [3.63, 3.8) is 0 Å². The SMILES string of the molecule is CNC/C(C)=C/C(=O)NC. The molecule has 0 unspecified atom stereocenters. The third kappa shape index (κ3) is 4.09. The van der Waals surface area contributed by atoms with Gasteiger partial charge in [0.1, 0.15) is 0 Å². The van der Waals surface area contributed by atoms with Gasteiger partial charge in [-0.3, -0.25) is 4.79 Å². The van der Waals surface area contributed by atoms with Crippen LogP contribution >= 0.6 is 0 Å². The molecule has 0 saturated carbocycles. The van der Waals surface area contributed by atoms with Gasteiger partial charge in [-0.1, -0.05) is 5.57 Å². The Morgan fingerprint density at radius 3 is 2.50 bits per heavy atom. The third-order valence-electron chi connectivity index (χ3n) is 1.08. The first kappa shape index (κ1) is 9.17. The average Bonchev–Trinajstić information content (AvgIpc) is 1.88. The highest BCUT2D eigenvalue weighted by Gasteiger charge is 1.91. The lowest BCUT2D eigenvalue weighted by Gasteiger charge is -1.97. The first-order chi connectivity index (χ1) is 4.70. The van der Waals surface area contributed by atoms with Gasteiger partial charge in [0.15, 0.2) is 0 Å². The first-order valence-corrected chi connectivity index (χ1v) is 3.24. The van der Waals surface area contributed by atoms with Crippen molar-refractivity contribution in [3.8, 4) is 0 Å². The minimum absolute atomic E-state index is 0.0484. The summed E-state index contributed by atoms with van der Waals surface area (Å²) in [4.78, 5) is 10.7. The summed E-state index contributed by atoms with van der Waals surface area (Å²) in [7, 11) is 3.46. The van der Waals surface area contributed by atoms with Gasteiger partial charge in [-0.15, -0.1) is 0 Å². The Morgan fingerprint density at radius 2 is 2.10 bits per heavy atom. The van der Waals surface area contributed by atoms with Crippen LogP contribution in [-0.2, 0) is 4.79 Å². The summed E-state index contributed by atoms with van der Waals surface area (Å²) < 4.78 is 0. The van der Waals surface area contributed by atoms with E-state index in [1.54, 1.807) is 13.1 Å². The van der Waals surface area contributed by atoms with Crippen molar-refractivity contribution < 1.29 is 4.79 Å². The molecular weight excluding hydrogens is 128 g/mol. The monoisotopic (exact) mass is 142 g/mol. The number of hydrogen-bond donors (Lipinski definition) is 2. The highest BCUT2D eigenvalue weighted by Crippen LogP contribution is 1.87. The van der Waals surface area contributed by atoms with Gasteiger partial charge in [-0.25, -0.2) is 0 Å². The van der Waals surface area contributed by atoms with Crippen molar-refractivity contribution in [1.29, 1.82) is 0 Å². The van der Waals surface area contributed by atoms with Crippen molar-refractivity contribution in [1.82, 2.24) is 10.6 Å². The number of rotatable bonds is 3. The Morgan fingerprint density at radius 1 is 1.50 bits per heavy atom. The minimum atomic E-state index is -0.0484. The molecule has 3 nitrogen and oxygen atoms in total. The Kier molecular flexibility index (Phi) is 4.58. The predicted octanol–water partition coefficient (Wildman–Crippen LogP) is -0.102. The molecule has 0 fully saturated rings. The summed E-state index contributed by atoms with van der Waals surface area (Å²) in [5.41, 5.74) is 1.03. The van der Waals surface area contributed by atoms with Crippen LogP contribution in [0.5, 0.6) is 0 Å². The summed E-state index contributed by atoms with van der Waals surface area (Å²) in [6, 6.07) is 0. The van der Waals surface area contributed by atoms with Crippen LogP contribution in [0.2, 0.25) is 0 Å². The van der Waals surface area contributed by atoms with E-state index < -0.39 is 0 Å². The fourth-order valence-electron chi connectivity index (χ4n) is 0.626. The molecule has 0 radical (unpaired) electrons. The zero-order valence-corrected chi connectivity index (χ0v) is 6.69. The Bertz CT molecular complexity index is 141. The van der Waals surface area contributed by atoms with Gasteiger partial charge >= 0.3 is 0 Å². The van der Waals surface area contributed by atoms with Gasteiger partial charge in [-0.05, 0) is 14.0 Å². The molecule has 0 aromatic heterocycles. The van der Waals surface area contributed by atoms with Gasteiger partial charge in [-0.2, -0.15) is 0 Å². The average molecular weight is 142 g/mol. The molecule has 0 bridgehead atoms. The summed E-state index contributed by atoms with van der Waals surface area (Å²) in [6.45, 7) is 2.67. The van der Waals surface area contributed by atoms with E-state index in [1.807, 2.05) is 14.0 Å². The van der Waals surface area contributed by atoms with Crippen molar-refractivity contribution in [3.05, 3.63) is 11.6 Å². The van der Waals surface area contributed by atoms with Crippen LogP contribution < -0.4 is 10.6 Å². The quantitative estimate of drug-likeness (QED) is 0.540. The lowest BCUT2D eigenvalue weighted by Crippen LogP contribution is -2.17. The van der Waals surface area contributed by atoms with E-state index in [9.17, 15) is 4.79 Å². The van der Waals surface area contributed by atoms with Crippen molar-refractivity contribution in [2.45, 2.75) is 6.92 Å². The lowest BCUT2D eigenvalue weighted by molar-refractivity contribution is -0.116. The van der Waals surface area contributed by atoms with Gasteiger partial charge in [0.25, 0.3) is 0 Å². The topological polar surface area (TPSA) is 41.1 Å². The molecular formula is C7H14N2O. The fourth-order valence-corrected chi connectivity index (χ4v) is 0.626. The highest BCUT2D eigenvalue weighted by atomic mass is 16.1. The molecule has 0 saturated heterocycles. The molecule has 58 valence electrons. The van der Waals surface area contributed by atoms with Crippen LogP contribution in [0.4, 0.5) is 0 Å². The molecule has 0 aliphatic heterocycles. The van der Waals surface area contributed by atoms with Crippen LogP contribution in [0.3, 0.4) is 0 Å². The maximum atomic E-state index is 10.7. The summed E-state index contributed by atoms with van der Waals surface area (Å²) >= 11 is 0. The number of likely N-dealkylation sites (N-methyl/N-ethyl adjacent to an activating group) is 2. The van der Waals surface area contributed by atoms with Crippen LogP contribution in [0, 0.1) is 0 Å². The molecule has 0 aliphatic rings. The second-order valence-electron chi connectivity index (χ2n) is 2.14. The van der Waals surface area contributed by atoms with Crippen molar-refractivity contribution >= 4 is 5.91 Å². The van der Waals surface area contributed by atoms with Gasteiger partial charge in [0, 0.05) is 19.7 Å². The standard InChI is InChI=1S/C7H14N2O/c1-6(5-8-2)4-7(10)9-3/h4,8H,5H2,1-3H3,(H,9,10)/b6-4+. The third-order valence-corrected chi connectivity index (χ3v) is 1.08. The molecule has 3 heteroatoms. The van der Waals surface area contributed by atoms with Crippen molar-refractivity contribution in [2.24, 2.45) is 0 Å². The maximum absolute atomic E-state index is 10.7. The van der Waals surface area contributed by atoms with Gasteiger partial charge in [0.05, 0.1) is 0 Å². The molecule has 0 aromatic carbocycles. The normalized spacial score (nSPS) is 11.3. The summed E-state index contributed by atoms with van der Waals surface area (Å²) in [5.74, 6) is -0.0484. The largest absolute Gasteiger partial charge is 0.356 e. The summed E-state index contributed by atoms with van der Waals surface area (Å²) in [5, 5.41) is 5.46. The second-order valence-corrected chi connectivity index (χ2v) is 2.14. The molecule has 10 heavy (non-hydrogen) atoms. The van der Waals surface area contributed by atoms with Crippen LogP contribution in [0.15, 0.2) is 11.6 Å². The zero-order chi connectivity index (χ0) is 7.98. The molecule has 0 aromatic rings. The van der Waals surface area contributed by atoms with E-state index in [2.05, 4.69) is 10.6 Å². The molecule has 0 atom stereocenters. The number of carbonyl (C=O) groups excluding carboxylic acids is 1. The minimum Gasteiger partial charge on any atom is -0.356 e. The first-order valence-electron chi connectivity index (χ1n) is 3.24. The summed E-state index contributed by atoms with van der Waals surface area (Å²) in [6.07, 6.45) is 1.58. The molecule has 0 rings (SSSR count). The molecule has 0 heterocycles. The zero-order valence-electron chi connectivity index (χ0n) is 6.69. The van der Waals surface area contributed by atoms with Crippen LogP contribution in [0.1, 0.15) is 6.92 Å². The van der Waals surface area contributed by atoms with E-state index in [4.69, 9.17) is 0 Å². The number of amides is 1. The Labute approximate surface area is 61.5 Å². The van der Waals surface area contributed by atoms with E-state index in [1.165, 1.54) is 0 Å². The van der Waals surface area contributed by atoms with Crippen LogP contribution in [-0.4, -0.2) is 26.5 Å². The Hall–Kier alpha value is -0.830. The molecule has 0 spiro atoms. The maximum Gasteiger partial charge on any atom is 0.243 e. The van der Waals surface area contributed by atoms with E-state index in [0.717, 1.165) is 12.1 Å². The fraction of sp³-hybridized carbons (Fsp3) is 0.571. The Balaban J connectivity index is 3.77. The van der Waals surface area contributed by atoms with Gasteiger partial charge < -0.3 is 10.6 Å². The van der Waals surface area contributed by atoms with E-state index >= 15 is 0 Å². The van der Waals surface area contributed by atoms with Crippen molar-refractivity contribution in [2.75, 3.05) is 20.6 Å².